The second-order valence-corrected chi connectivity index (χ2v) is 8.21. The van der Waals surface area contributed by atoms with E-state index in [9.17, 15) is 9.59 Å². The molecule has 0 saturated heterocycles. The molecule has 0 radical (unpaired) electrons. The van der Waals surface area contributed by atoms with Gasteiger partial charge >= 0.3 is 0 Å². The molecule has 0 heterocycles. The maximum absolute atomic E-state index is 12.7. The molecule has 2 N–H and O–H groups in total. The predicted octanol–water partition coefficient (Wildman–Crippen LogP) is 3.69. The zero-order valence-corrected chi connectivity index (χ0v) is 16.2. The summed E-state index contributed by atoms with van der Waals surface area (Å²) in [7, 11) is 0. The lowest BCUT2D eigenvalue weighted by molar-refractivity contribution is -0.123. The quantitative estimate of drug-likeness (QED) is 0.755. The highest BCUT2D eigenvalue weighted by Crippen LogP contribution is 2.51. The summed E-state index contributed by atoms with van der Waals surface area (Å²) in [6, 6.07) is 6.97. The number of nitrogens with one attached hydrogen (secondary N) is 2. The molecule has 1 saturated carbocycles. The van der Waals surface area contributed by atoms with E-state index in [-0.39, 0.29) is 17.2 Å². The Morgan fingerprint density at radius 2 is 1.76 bits per heavy atom. The van der Waals surface area contributed by atoms with Crippen LogP contribution in [0.15, 0.2) is 24.3 Å². The first-order chi connectivity index (χ1) is 11.7. The van der Waals surface area contributed by atoms with Crippen molar-refractivity contribution < 1.29 is 9.59 Å². The second-order valence-electron chi connectivity index (χ2n) is 8.21. The van der Waals surface area contributed by atoms with Crippen LogP contribution in [0.2, 0.25) is 0 Å². The van der Waals surface area contributed by atoms with Gasteiger partial charge in [0.25, 0.3) is 5.91 Å². The Morgan fingerprint density at radius 1 is 1.12 bits per heavy atom. The van der Waals surface area contributed by atoms with Crippen LogP contribution in [0.4, 0.5) is 0 Å². The van der Waals surface area contributed by atoms with Crippen molar-refractivity contribution in [1.82, 2.24) is 10.6 Å². The van der Waals surface area contributed by atoms with E-state index >= 15 is 0 Å². The fourth-order valence-electron chi connectivity index (χ4n) is 3.27. The van der Waals surface area contributed by atoms with Gasteiger partial charge in [0, 0.05) is 12.1 Å². The predicted molar refractivity (Wildman–Crippen MR) is 101 cm³/mol. The van der Waals surface area contributed by atoms with Crippen molar-refractivity contribution in [2.45, 2.75) is 59.9 Å². The van der Waals surface area contributed by atoms with E-state index < -0.39 is 6.04 Å². The summed E-state index contributed by atoms with van der Waals surface area (Å²) < 4.78 is 0. The molecule has 1 aromatic rings. The van der Waals surface area contributed by atoms with Crippen molar-refractivity contribution in [3.8, 4) is 0 Å². The number of carbonyl (C=O) groups is 2. The zero-order valence-electron chi connectivity index (χ0n) is 16.2. The van der Waals surface area contributed by atoms with E-state index in [1.54, 1.807) is 6.07 Å². The normalized spacial score (nSPS) is 16.6. The highest BCUT2D eigenvalue weighted by Gasteiger charge is 2.45. The van der Waals surface area contributed by atoms with Crippen LogP contribution in [-0.4, -0.2) is 24.4 Å². The molecule has 1 aliphatic rings. The van der Waals surface area contributed by atoms with Gasteiger partial charge in [-0.05, 0) is 55.1 Å². The largest absolute Gasteiger partial charge is 0.354 e. The third kappa shape index (κ3) is 5.07. The van der Waals surface area contributed by atoms with Gasteiger partial charge in [0.1, 0.15) is 6.04 Å². The van der Waals surface area contributed by atoms with Gasteiger partial charge in [-0.1, -0.05) is 45.9 Å². The van der Waals surface area contributed by atoms with Crippen LogP contribution in [0, 0.1) is 24.2 Å². The lowest BCUT2D eigenvalue weighted by atomic mass is 9.92. The monoisotopic (exact) mass is 344 g/mol. The van der Waals surface area contributed by atoms with Gasteiger partial charge in [-0.3, -0.25) is 9.59 Å². The number of aryl methyl sites for hydroxylation is 1. The number of hydrogen-bond acceptors (Lipinski definition) is 2. The standard InChI is InChI=1S/C21H32N2O2/c1-14(2)12-18(20(25)22-13-21(10-11-21)15(3)4)23-19(24)17-9-7-6-8-16(17)5/h6-9,14-15,18H,10-13H2,1-5H3,(H,22,25)(H,23,24)/t18-/m1/s1. The highest BCUT2D eigenvalue weighted by atomic mass is 16.2. The third-order valence-electron chi connectivity index (χ3n) is 5.45. The minimum atomic E-state index is -0.491. The first kappa shape index (κ1) is 19.5. The molecule has 4 nitrogen and oxygen atoms in total. The second kappa shape index (κ2) is 8.03. The molecule has 1 fully saturated rings. The average molecular weight is 344 g/mol. The lowest BCUT2D eigenvalue weighted by Gasteiger charge is -2.24. The molecule has 138 valence electrons. The Hall–Kier alpha value is -1.84. The Bertz CT molecular complexity index is 618. The third-order valence-corrected chi connectivity index (χ3v) is 5.45. The Kier molecular flexibility index (Phi) is 6.26. The molecule has 1 aliphatic carbocycles. The summed E-state index contributed by atoms with van der Waals surface area (Å²) in [6.07, 6.45) is 2.99. The highest BCUT2D eigenvalue weighted by molar-refractivity contribution is 5.98. The number of amides is 2. The summed E-state index contributed by atoms with van der Waals surface area (Å²) in [6.45, 7) is 11.2. The van der Waals surface area contributed by atoms with Gasteiger partial charge < -0.3 is 10.6 Å². The van der Waals surface area contributed by atoms with E-state index in [2.05, 4.69) is 38.3 Å². The van der Waals surface area contributed by atoms with Crippen molar-refractivity contribution in [2.24, 2.45) is 17.3 Å². The topological polar surface area (TPSA) is 58.2 Å². The number of benzene rings is 1. The maximum atomic E-state index is 12.7. The molecule has 0 aliphatic heterocycles. The first-order valence-corrected chi connectivity index (χ1v) is 9.39. The number of hydrogen-bond donors (Lipinski definition) is 2. The Morgan fingerprint density at radius 3 is 2.28 bits per heavy atom. The van der Waals surface area contributed by atoms with Crippen LogP contribution in [0.25, 0.3) is 0 Å². The Balaban J connectivity index is 2.01. The molecule has 0 spiro atoms. The van der Waals surface area contributed by atoms with Gasteiger partial charge in [-0.15, -0.1) is 0 Å². The van der Waals surface area contributed by atoms with E-state index in [0.717, 1.165) is 5.56 Å². The summed E-state index contributed by atoms with van der Waals surface area (Å²) in [5.41, 5.74) is 1.81. The lowest BCUT2D eigenvalue weighted by Crippen LogP contribution is -2.49. The molecule has 0 aromatic heterocycles. The van der Waals surface area contributed by atoms with Gasteiger partial charge in [0.2, 0.25) is 5.91 Å². The molecule has 2 rings (SSSR count). The van der Waals surface area contributed by atoms with E-state index in [1.165, 1.54) is 12.8 Å². The molecule has 0 unspecified atom stereocenters. The van der Waals surface area contributed by atoms with Crippen LogP contribution < -0.4 is 10.6 Å². The minimum absolute atomic E-state index is 0.0671. The van der Waals surface area contributed by atoms with E-state index in [1.807, 2.05) is 25.1 Å². The molecule has 1 atom stereocenters. The molecule has 0 bridgehead atoms. The molecular weight excluding hydrogens is 312 g/mol. The Labute approximate surface area is 151 Å². The zero-order chi connectivity index (χ0) is 18.6. The minimum Gasteiger partial charge on any atom is -0.354 e. The van der Waals surface area contributed by atoms with Crippen molar-refractivity contribution in [3.05, 3.63) is 35.4 Å². The summed E-state index contributed by atoms with van der Waals surface area (Å²) in [5.74, 6) is 0.650. The van der Waals surface area contributed by atoms with Crippen LogP contribution >= 0.6 is 0 Å². The molecule has 25 heavy (non-hydrogen) atoms. The van der Waals surface area contributed by atoms with Crippen LogP contribution in [-0.2, 0) is 4.79 Å². The van der Waals surface area contributed by atoms with E-state index in [4.69, 9.17) is 0 Å². The summed E-state index contributed by atoms with van der Waals surface area (Å²) in [4.78, 5) is 25.3. The van der Waals surface area contributed by atoms with Crippen LogP contribution in [0.5, 0.6) is 0 Å². The molecule has 1 aromatic carbocycles. The van der Waals surface area contributed by atoms with Crippen molar-refractivity contribution >= 4 is 11.8 Å². The fraction of sp³-hybridized carbons (Fsp3) is 0.619. The smallest absolute Gasteiger partial charge is 0.252 e. The van der Waals surface area contributed by atoms with Gasteiger partial charge in [0.15, 0.2) is 0 Å². The van der Waals surface area contributed by atoms with Crippen molar-refractivity contribution in [2.75, 3.05) is 6.54 Å². The SMILES string of the molecule is Cc1ccccc1C(=O)N[C@H](CC(C)C)C(=O)NCC1(C(C)C)CC1. The maximum Gasteiger partial charge on any atom is 0.252 e. The van der Waals surface area contributed by atoms with Gasteiger partial charge in [-0.2, -0.15) is 0 Å². The van der Waals surface area contributed by atoms with Gasteiger partial charge in [-0.25, -0.2) is 0 Å². The van der Waals surface area contributed by atoms with Crippen LogP contribution in [0.1, 0.15) is 62.9 Å². The van der Waals surface area contributed by atoms with Crippen molar-refractivity contribution in [3.63, 3.8) is 0 Å². The van der Waals surface area contributed by atoms with Crippen LogP contribution in [0.3, 0.4) is 0 Å². The first-order valence-electron chi connectivity index (χ1n) is 9.39. The molecular formula is C21H32N2O2. The van der Waals surface area contributed by atoms with E-state index in [0.29, 0.717) is 30.4 Å². The fourth-order valence-corrected chi connectivity index (χ4v) is 3.27. The number of rotatable bonds is 8. The van der Waals surface area contributed by atoms with Gasteiger partial charge in [0.05, 0.1) is 0 Å². The molecule has 4 heteroatoms. The summed E-state index contributed by atoms with van der Waals surface area (Å²) in [5, 5.41) is 6.03. The number of carbonyl (C=O) groups excluding carboxylic acids is 2. The van der Waals surface area contributed by atoms with Crippen molar-refractivity contribution in [1.29, 1.82) is 0 Å². The summed E-state index contributed by atoms with van der Waals surface area (Å²) >= 11 is 0. The molecule has 2 amide bonds. The average Bonchev–Trinajstić information content (AvgIpc) is 3.33.